The van der Waals surface area contributed by atoms with Crippen LogP contribution in [-0.2, 0) is 14.3 Å². The van der Waals surface area contributed by atoms with Crippen molar-refractivity contribution < 1.29 is 14.3 Å². The van der Waals surface area contributed by atoms with E-state index in [0.29, 0.717) is 11.7 Å². The summed E-state index contributed by atoms with van der Waals surface area (Å²) in [5, 5.41) is 11.6. The Balaban J connectivity index is 1.82. The molecule has 1 heterocycles. The van der Waals surface area contributed by atoms with Gasteiger partial charge >= 0.3 is 5.97 Å². The number of aromatic nitrogens is 2. The Kier molecular flexibility index (Phi) is 16.2. The largest absolute Gasteiger partial charge is 0.466 e. The second kappa shape index (κ2) is 18.3. The summed E-state index contributed by atoms with van der Waals surface area (Å²) in [5.74, 6) is -0.548. The molecule has 0 bridgehead atoms. The fourth-order valence-corrected chi connectivity index (χ4v) is 3.91. The molecule has 1 aromatic rings. The SMILES string of the molecule is CCCCCCCCCCCCCCCCOC(=O)CCC(=O)Nc1nnc(C)s1. The van der Waals surface area contributed by atoms with Crippen LogP contribution < -0.4 is 5.32 Å². The minimum absolute atomic E-state index is 0.0994. The van der Waals surface area contributed by atoms with Crippen molar-refractivity contribution in [3.05, 3.63) is 5.01 Å². The number of unbranched alkanes of at least 4 members (excludes halogenated alkanes) is 13. The number of nitrogens with zero attached hydrogens (tertiary/aromatic N) is 2. The van der Waals surface area contributed by atoms with Crippen molar-refractivity contribution >= 4 is 28.3 Å². The van der Waals surface area contributed by atoms with Gasteiger partial charge in [-0.1, -0.05) is 102 Å². The number of carbonyl (C=O) groups excluding carboxylic acids is 2. The Morgan fingerprint density at radius 2 is 1.33 bits per heavy atom. The van der Waals surface area contributed by atoms with Crippen molar-refractivity contribution in [2.75, 3.05) is 11.9 Å². The minimum Gasteiger partial charge on any atom is -0.466 e. The van der Waals surface area contributed by atoms with Gasteiger partial charge in [0.05, 0.1) is 13.0 Å². The minimum atomic E-state index is -0.312. The van der Waals surface area contributed by atoms with E-state index in [-0.39, 0.29) is 24.7 Å². The number of amides is 1. The summed E-state index contributed by atoms with van der Waals surface area (Å²) in [6, 6.07) is 0. The molecule has 0 saturated carbocycles. The monoisotopic (exact) mass is 439 g/mol. The first-order chi connectivity index (χ1) is 14.6. The predicted molar refractivity (Wildman–Crippen MR) is 124 cm³/mol. The first-order valence-corrected chi connectivity index (χ1v) is 12.7. The number of nitrogens with one attached hydrogen (secondary N) is 1. The maximum atomic E-state index is 11.8. The molecule has 1 aromatic heterocycles. The van der Waals surface area contributed by atoms with Gasteiger partial charge in [0.15, 0.2) is 0 Å². The molecule has 0 atom stereocenters. The van der Waals surface area contributed by atoms with E-state index in [1.54, 1.807) is 0 Å². The molecule has 0 fully saturated rings. The number of ether oxygens (including phenoxy) is 1. The molecule has 0 unspecified atom stereocenters. The zero-order valence-corrected chi connectivity index (χ0v) is 19.9. The lowest BCUT2D eigenvalue weighted by Gasteiger charge is -2.05. The van der Waals surface area contributed by atoms with E-state index in [2.05, 4.69) is 22.4 Å². The highest BCUT2D eigenvalue weighted by Gasteiger charge is 2.10. The first-order valence-electron chi connectivity index (χ1n) is 11.9. The standard InChI is InChI=1S/C23H41N3O3S/c1-3-4-5-6-7-8-9-10-11-12-13-14-15-16-19-29-22(28)18-17-21(27)24-23-26-25-20(2)30-23/h3-19H2,1-2H3,(H,24,26,27). The summed E-state index contributed by atoms with van der Waals surface area (Å²) in [6.45, 7) is 4.54. The molecule has 0 radical (unpaired) electrons. The average molecular weight is 440 g/mol. The van der Waals surface area contributed by atoms with Gasteiger partial charge in [0.25, 0.3) is 0 Å². The van der Waals surface area contributed by atoms with E-state index in [1.807, 2.05) is 6.92 Å². The Morgan fingerprint density at radius 1 is 0.800 bits per heavy atom. The molecule has 30 heavy (non-hydrogen) atoms. The summed E-state index contributed by atoms with van der Waals surface area (Å²) < 4.78 is 5.21. The quantitative estimate of drug-likeness (QED) is 0.194. The van der Waals surface area contributed by atoms with Crippen LogP contribution in [0.25, 0.3) is 0 Å². The maximum Gasteiger partial charge on any atom is 0.306 e. The molecular weight excluding hydrogens is 398 g/mol. The average Bonchev–Trinajstić information content (AvgIpc) is 3.13. The lowest BCUT2D eigenvalue weighted by atomic mass is 10.0. The molecule has 1 rings (SSSR count). The van der Waals surface area contributed by atoms with Crippen LogP contribution in [0.1, 0.15) is 115 Å². The number of anilines is 1. The molecule has 1 N–H and O–H groups in total. The molecule has 6 nitrogen and oxygen atoms in total. The van der Waals surface area contributed by atoms with Crippen molar-refractivity contribution in [3.8, 4) is 0 Å². The number of carbonyl (C=O) groups is 2. The highest BCUT2D eigenvalue weighted by molar-refractivity contribution is 7.15. The van der Waals surface area contributed by atoms with E-state index < -0.39 is 0 Å². The maximum absolute atomic E-state index is 11.8. The van der Waals surface area contributed by atoms with Gasteiger partial charge in [-0.15, -0.1) is 10.2 Å². The zero-order valence-electron chi connectivity index (χ0n) is 19.0. The van der Waals surface area contributed by atoms with Crippen molar-refractivity contribution in [3.63, 3.8) is 0 Å². The van der Waals surface area contributed by atoms with Gasteiger partial charge in [0.2, 0.25) is 11.0 Å². The lowest BCUT2D eigenvalue weighted by Crippen LogP contribution is -2.14. The lowest BCUT2D eigenvalue weighted by molar-refractivity contribution is -0.144. The number of esters is 1. The Hall–Kier alpha value is -1.50. The molecular formula is C23H41N3O3S. The van der Waals surface area contributed by atoms with Crippen molar-refractivity contribution in [1.29, 1.82) is 0 Å². The number of hydrogen-bond acceptors (Lipinski definition) is 6. The molecule has 0 aliphatic rings. The van der Waals surface area contributed by atoms with Crippen LogP contribution in [0, 0.1) is 6.92 Å². The number of rotatable bonds is 19. The van der Waals surface area contributed by atoms with E-state index in [0.717, 1.165) is 17.8 Å². The van der Waals surface area contributed by atoms with Crippen molar-refractivity contribution in [2.24, 2.45) is 0 Å². The Bertz CT molecular complexity index is 578. The van der Waals surface area contributed by atoms with Gasteiger partial charge in [-0.25, -0.2) is 0 Å². The molecule has 172 valence electrons. The fraction of sp³-hybridized carbons (Fsp3) is 0.826. The van der Waals surface area contributed by atoms with Crippen LogP contribution in [0.3, 0.4) is 0 Å². The zero-order chi connectivity index (χ0) is 21.9. The molecule has 0 spiro atoms. The van der Waals surface area contributed by atoms with Gasteiger partial charge in [0, 0.05) is 6.42 Å². The van der Waals surface area contributed by atoms with Crippen molar-refractivity contribution in [2.45, 2.75) is 117 Å². The highest BCUT2D eigenvalue weighted by atomic mass is 32.1. The third-order valence-electron chi connectivity index (χ3n) is 5.09. The normalized spacial score (nSPS) is 10.9. The van der Waals surface area contributed by atoms with Crippen LogP contribution in [0.4, 0.5) is 5.13 Å². The van der Waals surface area contributed by atoms with Crippen LogP contribution in [-0.4, -0.2) is 28.7 Å². The van der Waals surface area contributed by atoms with Crippen LogP contribution in [0.15, 0.2) is 0 Å². The molecule has 0 aliphatic heterocycles. The summed E-state index contributed by atoms with van der Waals surface area (Å²) >= 11 is 1.31. The van der Waals surface area contributed by atoms with E-state index in [1.165, 1.54) is 88.4 Å². The van der Waals surface area contributed by atoms with Crippen LogP contribution >= 0.6 is 11.3 Å². The summed E-state index contributed by atoms with van der Waals surface area (Å²) in [7, 11) is 0. The van der Waals surface area contributed by atoms with Gasteiger partial charge in [-0.2, -0.15) is 0 Å². The van der Waals surface area contributed by atoms with Crippen LogP contribution in [0.5, 0.6) is 0 Å². The second-order valence-corrected chi connectivity index (χ2v) is 9.17. The summed E-state index contributed by atoms with van der Waals surface area (Å²) in [5.41, 5.74) is 0. The number of hydrogen-bond donors (Lipinski definition) is 1. The van der Waals surface area contributed by atoms with E-state index in [9.17, 15) is 9.59 Å². The highest BCUT2D eigenvalue weighted by Crippen LogP contribution is 2.14. The van der Waals surface area contributed by atoms with Gasteiger partial charge in [0.1, 0.15) is 5.01 Å². The van der Waals surface area contributed by atoms with E-state index in [4.69, 9.17) is 4.74 Å². The smallest absolute Gasteiger partial charge is 0.306 e. The summed E-state index contributed by atoms with van der Waals surface area (Å²) in [4.78, 5) is 23.5. The molecule has 1 amide bonds. The Morgan fingerprint density at radius 3 is 1.83 bits per heavy atom. The third-order valence-corrected chi connectivity index (χ3v) is 5.84. The summed E-state index contributed by atoms with van der Waals surface area (Å²) in [6.07, 6.45) is 18.5. The fourth-order valence-electron chi connectivity index (χ4n) is 3.30. The predicted octanol–water partition coefficient (Wildman–Crippen LogP) is 6.59. The molecule has 0 aliphatic carbocycles. The van der Waals surface area contributed by atoms with Crippen molar-refractivity contribution in [1.82, 2.24) is 10.2 Å². The van der Waals surface area contributed by atoms with Gasteiger partial charge in [-0.3, -0.25) is 9.59 Å². The van der Waals surface area contributed by atoms with E-state index >= 15 is 0 Å². The molecule has 7 heteroatoms. The Labute approximate surface area is 186 Å². The second-order valence-electron chi connectivity index (χ2n) is 7.99. The van der Waals surface area contributed by atoms with Crippen LogP contribution in [0.2, 0.25) is 0 Å². The number of aryl methyl sites for hydroxylation is 1. The van der Waals surface area contributed by atoms with Gasteiger partial charge in [-0.05, 0) is 13.3 Å². The first kappa shape index (κ1) is 26.5. The third kappa shape index (κ3) is 15.4. The van der Waals surface area contributed by atoms with Gasteiger partial charge < -0.3 is 10.1 Å². The topological polar surface area (TPSA) is 81.2 Å². The molecule has 0 aromatic carbocycles. The molecule has 0 saturated heterocycles.